The lowest BCUT2D eigenvalue weighted by atomic mass is 10.1. The number of imidazole rings is 1. The largest absolute Gasteiger partial charge is 0.339 e. The van der Waals surface area contributed by atoms with Crippen LogP contribution in [0, 0.1) is 0 Å². The van der Waals surface area contributed by atoms with Gasteiger partial charge < -0.3 is 9.47 Å². The van der Waals surface area contributed by atoms with Crippen LogP contribution >= 0.6 is 0 Å². The van der Waals surface area contributed by atoms with Crippen molar-refractivity contribution >= 4 is 16.9 Å². The van der Waals surface area contributed by atoms with E-state index < -0.39 is 0 Å². The Morgan fingerprint density at radius 1 is 1.23 bits per heavy atom. The number of aromatic nitrogens is 3. The molecule has 0 radical (unpaired) electrons. The van der Waals surface area contributed by atoms with E-state index in [1.807, 2.05) is 42.2 Å². The average molecular weight is 348 g/mol. The van der Waals surface area contributed by atoms with E-state index in [0.29, 0.717) is 19.0 Å². The molecule has 1 aromatic carbocycles. The Labute approximate surface area is 153 Å². The fourth-order valence-corrected chi connectivity index (χ4v) is 3.46. The zero-order valence-corrected chi connectivity index (χ0v) is 15.4. The number of pyridine rings is 1. The Balaban J connectivity index is 1.53. The normalized spacial score (nSPS) is 13.9. The number of aryl methyl sites for hydroxylation is 1. The Bertz CT molecular complexity index is 928. The zero-order valence-electron chi connectivity index (χ0n) is 15.4. The highest BCUT2D eigenvalue weighted by atomic mass is 16.2. The second-order valence-corrected chi connectivity index (χ2v) is 7.00. The molecule has 1 amide bonds. The number of amides is 1. The summed E-state index contributed by atoms with van der Waals surface area (Å²) in [6.07, 6.45) is 6.86. The van der Waals surface area contributed by atoms with Gasteiger partial charge in [-0.3, -0.25) is 9.78 Å². The fourth-order valence-electron chi connectivity index (χ4n) is 3.46. The summed E-state index contributed by atoms with van der Waals surface area (Å²) in [4.78, 5) is 23.7. The summed E-state index contributed by atoms with van der Waals surface area (Å²) in [5.74, 6) is 1.82. The topological polar surface area (TPSA) is 51.0 Å². The lowest BCUT2D eigenvalue weighted by Crippen LogP contribution is -2.32. The monoisotopic (exact) mass is 348 g/mol. The Morgan fingerprint density at radius 2 is 2.00 bits per heavy atom. The molecule has 0 atom stereocenters. The van der Waals surface area contributed by atoms with E-state index in [9.17, 15) is 4.79 Å². The standard InChI is InChI=1S/C21H24N4O/c1-3-25(13-10-15-8-11-22-12-9-15)21(26)17-6-7-19-18(14-17)23-20(24(19)2)16-4-5-16/h6-9,11-12,14,16H,3-5,10,13H2,1-2H3. The van der Waals surface area contributed by atoms with Gasteiger partial charge in [-0.2, -0.15) is 0 Å². The van der Waals surface area contributed by atoms with Gasteiger partial charge in [-0.25, -0.2) is 4.98 Å². The van der Waals surface area contributed by atoms with E-state index in [1.165, 1.54) is 18.4 Å². The van der Waals surface area contributed by atoms with Crippen LogP contribution in [0.15, 0.2) is 42.7 Å². The van der Waals surface area contributed by atoms with Crippen molar-refractivity contribution in [2.45, 2.75) is 32.1 Å². The van der Waals surface area contributed by atoms with E-state index in [2.05, 4.69) is 16.6 Å². The summed E-state index contributed by atoms with van der Waals surface area (Å²) >= 11 is 0. The van der Waals surface area contributed by atoms with Crippen LogP contribution in [0.5, 0.6) is 0 Å². The molecule has 0 aliphatic heterocycles. The van der Waals surface area contributed by atoms with E-state index in [0.717, 1.165) is 28.8 Å². The van der Waals surface area contributed by atoms with Gasteiger partial charge in [0.2, 0.25) is 0 Å². The van der Waals surface area contributed by atoms with Crippen molar-refractivity contribution < 1.29 is 4.79 Å². The van der Waals surface area contributed by atoms with Gasteiger partial charge in [-0.05, 0) is 62.1 Å². The van der Waals surface area contributed by atoms with Crippen LogP contribution in [-0.2, 0) is 13.5 Å². The molecule has 2 heterocycles. The molecule has 5 nitrogen and oxygen atoms in total. The van der Waals surface area contributed by atoms with Crippen LogP contribution < -0.4 is 0 Å². The third-order valence-corrected chi connectivity index (χ3v) is 5.19. The minimum Gasteiger partial charge on any atom is -0.339 e. The predicted octanol–water partition coefficient (Wildman–Crippen LogP) is 3.55. The van der Waals surface area contributed by atoms with Gasteiger partial charge in [0.15, 0.2) is 0 Å². The summed E-state index contributed by atoms with van der Waals surface area (Å²) in [6, 6.07) is 9.89. The molecule has 1 aliphatic carbocycles. The SMILES string of the molecule is CCN(CCc1ccncc1)C(=O)c1ccc2c(c1)nc(C1CC1)n2C. The smallest absolute Gasteiger partial charge is 0.253 e. The molecule has 1 saturated carbocycles. The van der Waals surface area contributed by atoms with Crippen molar-refractivity contribution in [1.29, 1.82) is 0 Å². The van der Waals surface area contributed by atoms with Crippen LogP contribution in [0.1, 0.15) is 47.4 Å². The number of hydrogen-bond donors (Lipinski definition) is 0. The van der Waals surface area contributed by atoms with Crippen molar-refractivity contribution in [2.24, 2.45) is 7.05 Å². The van der Waals surface area contributed by atoms with Gasteiger partial charge in [-0.1, -0.05) is 0 Å². The Morgan fingerprint density at radius 3 is 2.69 bits per heavy atom. The van der Waals surface area contributed by atoms with Crippen LogP contribution in [0.3, 0.4) is 0 Å². The maximum absolute atomic E-state index is 13.0. The van der Waals surface area contributed by atoms with Gasteiger partial charge in [0.05, 0.1) is 11.0 Å². The average Bonchev–Trinajstić information content (AvgIpc) is 3.47. The van der Waals surface area contributed by atoms with E-state index in [4.69, 9.17) is 4.98 Å². The number of benzene rings is 1. The first-order chi connectivity index (χ1) is 12.7. The molecule has 0 unspecified atom stereocenters. The van der Waals surface area contributed by atoms with E-state index in [-0.39, 0.29) is 5.91 Å². The maximum Gasteiger partial charge on any atom is 0.253 e. The molecule has 1 aliphatic rings. The first-order valence-electron chi connectivity index (χ1n) is 9.32. The summed E-state index contributed by atoms with van der Waals surface area (Å²) < 4.78 is 2.17. The van der Waals surface area contributed by atoms with Gasteiger partial charge in [0, 0.05) is 44.0 Å². The zero-order chi connectivity index (χ0) is 18.1. The number of fused-ring (bicyclic) bond motifs is 1. The molecule has 0 bridgehead atoms. The number of carbonyl (C=O) groups excluding carboxylic acids is 1. The fraction of sp³-hybridized carbons (Fsp3) is 0.381. The van der Waals surface area contributed by atoms with Crippen LogP contribution in [0.4, 0.5) is 0 Å². The number of hydrogen-bond acceptors (Lipinski definition) is 3. The highest BCUT2D eigenvalue weighted by molar-refractivity contribution is 5.97. The molecule has 0 N–H and O–H groups in total. The molecular formula is C21H24N4O. The molecule has 1 fully saturated rings. The maximum atomic E-state index is 13.0. The highest BCUT2D eigenvalue weighted by Crippen LogP contribution is 2.40. The summed E-state index contributed by atoms with van der Waals surface area (Å²) in [5, 5.41) is 0. The summed E-state index contributed by atoms with van der Waals surface area (Å²) in [6.45, 7) is 3.42. The lowest BCUT2D eigenvalue weighted by molar-refractivity contribution is 0.0766. The first kappa shape index (κ1) is 16.8. The lowest BCUT2D eigenvalue weighted by Gasteiger charge is -2.21. The van der Waals surface area contributed by atoms with Crippen molar-refractivity contribution in [3.63, 3.8) is 0 Å². The van der Waals surface area contributed by atoms with Crippen LogP contribution in [0.2, 0.25) is 0 Å². The Hall–Kier alpha value is -2.69. The molecular weight excluding hydrogens is 324 g/mol. The van der Waals surface area contributed by atoms with E-state index >= 15 is 0 Å². The number of rotatable bonds is 6. The third kappa shape index (κ3) is 3.21. The first-order valence-corrected chi connectivity index (χ1v) is 9.32. The minimum atomic E-state index is 0.0714. The second-order valence-electron chi connectivity index (χ2n) is 7.00. The summed E-state index contributed by atoms with van der Waals surface area (Å²) in [7, 11) is 2.07. The molecule has 26 heavy (non-hydrogen) atoms. The predicted molar refractivity (Wildman–Crippen MR) is 102 cm³/mol. The van der Waals surface area contributed by atoms with Crippen molar-refractivity contribution in [2.75, 3.05) is 13.1 Å². The molecule has 2 aromatic heterocycles. The van der Waals surface area contributed by atoms with Crippen LogP contribution in [0.25, 0.3) is 11.0 Å². The molecule has 0 saturated heterocycles. The summed E-state index contributed by atoms with van der Waals surface area (Å²) in [5.41, 5.74) is 3.93. The van der Waals surface area contributed by atoms with Gasteiger partial charge in [0.1, 0.15) is 5.82 Å². The number of likely N-dealkylation sites (N-methyl/N-ethyl adjacent to an activating group) is 1. The number of nitrogens with zero attached hydrogens (tertiary/aromatic N) is 4. The molecule has 0 spiro atoms. The minimum absolute atomic E-state index is 0.0714. The van der Waals surface area contributed by atoms with E-state index in [1.54, 1.807) is 12.4 Å². The van der Waals surface area contributed by atoms with Crippen molar-refractivity contribution in [1.82, 2.24) is 19.4 Å². The van der Waals surface area contributed by atoms with Crippen LogP contribution in [-0.4, -0.2) is 38.4 Å². The van der Waals surface area contributed by atoms with Gasteiger partial charge in [-0.15, -0.1) is 0 Å². The van der Waals surface area contributed by atoms with Crippen molar-refractivity contribution in [3.05, 3.63) is 59.7 Å². The molecule has 3 aromatic rings. The van der Waals surface area contributed by atoms with Crippen molar-refractivity contribution in [3.8, 4) is 0 Å². The quantitative estimate of drug-likeness (QED) is 0.684. The molecule has 134 valence electrons. The Kier molecular flexibility index (Phi) is 4.45. The molecule has 5 heteroatoms. The van der Waals surface area contributed by atoms with Gasteiger partial charge >= 0.3 is 0 Å². The number of carbonyl (C=O) groups is 1. The third-order valence-electron chi connectivity index (χ3n) is 5.19. The highest BCUT2D eigenvalue weighted by Gasteiger charge is 2.28. The molecule has 4 rings (SSSR count). The van der Waals surface area contributed by atoms with Gasteiger partial charge in [0.25, 0.3) is 5.91 Å². The second kappa shape index (κ2) is 6.90.